The van der Waals surface area contributed by atoms with Gasteiger partial charge in [0.05, 0.1) is 12.7 Å². The molecule has 0 aromatic heterocycles. The van der Waals surface area contributed by atoms with Crippen molar-refractivity contribution in [2.24, 2.45) is 11.8 Å². The van der Waals surface area contributed by atoms with Gasteiger partial charge in [0.15, 0.2) is 0 Å². The molecule has 0 aliphatic carbocycles. The van der Waals surface area contributed by atoms with E-state index in [0.717, 1.165) is 57.7 Å². The zero-order chi connectivity index (χ0) is 16.5. The quantitative estimate of drug-likeness (QED) is 0.848. The minimum Gasteiger partial charge on any atom is -0.376 e. The summed E-state index contributed by atoms with van der Waals surface area (Å²) in [5.41, 5.74) is 1.15. The highest BCUT2D eigenvalue weighted by atomic mass is 19.1. The van der Waals surface area contributed by atoms with Gasteiger partial charge >= 0.3 is 0 Å². The van der Waals surface area contributed by atoms with Gasteiger partial charge in [-0.15, -0.1) is 0 Å². The maximum Gasteiger partial charge on any atom is 0.222 e. The fraction of sp³-hybridized carbons (Fsp3) is 0.632. The number of hydrogen-bond donors (Lipinski definition) is 0. The van der Waals surface area contributed by atoms with Crippen LogP contribution in [0.1, 0.15) is 24.8 Å². The van der Waals surface area contributed by atoms with Gasteiger partial charge in [0.1, 0.15) is 5.82 Å². The Morgan fingerprint density at radius 1 is 1.21 bits per heavy atom. The molecule has 1 aromatic rings. The Labute approximate surface area is 142 Å². The number of carbonyl (C=O) groups excluding carboxylic acids is 1. The van der Waals surface area contributed by atoms with Crippen molar-refractivity contribution in [3.05, 3.63) is 35.6 Å². The molecule has 5 heteroatoms. The number of fused-ring (bicyclic) bond motifs is 1. The molecule has 130 valence electrons. The predicted octanol–water partition coefficient (Wildman–Crippen LogP) is 2.29. The van der Waals surface area contributed by atoms with Crippen LogP contribution in [0.25, 0.3) is 0 Å². The fourth-order valence-corrected chi connectivity index (χ4v) is 4.39. The van der Waals surface area contributed by atoms with E-state index in [1.165, 1.54) is 12.1 Å². The highest BCUT2D eigenvalue weighted by Crippen LogP contribution is 2.35. The van der Waals surface area contributed by atoms with Crippen LogP contribution in [0.15, 0.2) is 24.3 Å². The van der Waals surface area contributed by atoms with Gasteiger partial charge in [-0.1, -0.05) is 12.1 Å². The van der Waals surface area contributed by atoms with Gasteiger partial charge < -0.3 is 9.64 Å². The molecule has 3 fully saturated rings. The first-order valence-electron chi connectivity index (χ1n) is 9.05. The summed E-state index contributed by atoms with van der Waals surface area (Å²) >= 11 is 0. The Morgan fingerprint density at radius 2 is 2.04 bits per heavy atom. The topological polar surface area (TPSA) is 32.8 Å². The zero-order valence-electron chi connectivity index (χ0n) is 14.0. The molecule has 3 saturated heterocycles. The number of ether oxygens (including phenoxy) is 1. The molecule has 4 rings (SSSR count). The standard InChI is InChI=1S/C19H25FN2O2/c20-16-5-3-14(4-6-16)10-21-9-7-15-13-24-18(17(15)11-21)12-22-8-1-2-19(22)23/h3-6,15,17-18H,1-2,7-13H2/t15-,17-,18+/m1/s1. The Kier molecular flexibility index (Phi) is 4.55. The highest BCUT2D eigenvalue weighted by molar-refractivity contribution is 5.78. The molecule has 0 bridgehead atoms. The number of likely N-dealkylation sites (tertiary alicyclic amines) is 2. The lowest BCUT2D eigenvalue weighted by Gasteiger charge is -2.36. The van der Waals surface area contributed by atoms with Crippen LogP contribution < -0.4 is 0 Å². The van der Waals surface area contributed by atoms with Crippen molar-refractivity contribution in [2.45, 2.75) is 31.9 Å². The van der Waals surface area contributed by atoms with Crippen molar-refractivity contribution in [3.8, 4) is 0 Å². The van der Waals surface area contributed by atoms with Gasteiger partial charge in [0, 0.05) is 38.5 Å². The molecule has 3 aliphatic rings. The van der Waals surface area contributed by atoms with Crippen LogP contribution in [-0.2, 0) is 16.1 Å². The van der Waals surface area contributed by atoms with E-state index in [4.69, 9.17) is 4.74 Å². The lowest BCUT2D eigenvalue weighted by molar-refractivity contribution is -0.129. The third-order valence-electron chi connectivity index (χ3n) is 5.78. The van der Waals surface area contributed by atoms with Gasteiger partial charge in [-0.05, 0) is 43.0 Å². The molecule has 3 atom stereocenters. The second-order valence-electron chi connectivity index (χ2n) is 7.39. The molecule has 1 aromatic carbocycles. The molecule has 0 saturated carbocycles. The summed E-state index contributed by atoms with van der Waals surface area (Å²) in [7, 11) is 0. The molecule has 3 aliphatic heterocycles. The fourth-order valence-electron chi connectivity index (χ4n) is 4.39. The Hall–Kier alpha value is -1.46. The van der Waals surface area contributed by atoms with Crippen LogP contribution >= 0.6 is 0 Å². The third kappa shape index (κ3) is 3.33. The number of rotatable bonds is 4. The minimum absolute atomic E-state index is 0.174. The molecule has 3 heterocycles. The van der Waals surface area contributed by atoms with Crippen molar-refractivity contribution >= 4 is 5.91 Å². The van der Waals surface area contributed by atoms with Crippen LogP contribution in [0, 0.1) is 17.7 Å². The summed E-state index contributed by atoms with van der Waals surface area (Å²) in [4.78, 5) is 16.3. The molecular weight excluding hydrogens is 307 g/mol. The van der Waals surface area contributed by atoms with E-state index in [1.54, 1.807) is 0 Å². The number of piperidine rings is 1. The second kappa shape index (κ2) is 6.81. The van der Waals surface area contributed by atoms with Gasteiger partial charge in [0.25, 0.3) is 0 Å². The number of carbonyl (C=O) groups is 1. The van der Waals surface area contributed by atoms with E-state index < -0.39 is 0 Å². The maximum atomic E-state index is 13.1. The summed E-state index contributed by atoms with van der Waals surface area (Å²) in [5.74, 6) is 1.22. The molecule has 0 N–H and O–H groups in total. The first kappa shape index (κ1) is 16.0. The molecule has 24 heavy (non-hydrogen) atoms. The first-order chi connectivity index (χ1) is 11.7. The largest absolute Gasteiger partial charge is 0.376 e. The third-order valence-corrected chi connectivity index (χ3v) is 5.78. The van der Waals surface area contributed by atoms with Crippen molar-refractivity contribution in [1.29, 1.82) is 0 Å². The number of nitrogens with zero attached hydrogens (tertiary/aromatic N) is 2. The summed E-state index contributed by atoms with van der Waals surface area (Å²) < 4.78 is 19.1. The van der Waals surface area contributed by atoms with Crippen molar-refractivity contribution in [3.63, 3.8) is 0 Å². The Bertz CT molecular complexity index is 592. The normalized spacial score (nSPS) is 30.8. The smallest absolute Gasteiger partial charge is 0.222 e. The molecule has 0 unspecified atom stereocenters. The predicted molar refractivity (Wildman–Crippen MR) is 88.8 cm³/mol. The lowest BCUT2D eigenvalue weighted by atomic mass is 9.84. The molecule has 0 radical (unpaired) electrons. The number of halogens is 1. The van der Waals surface area contributed by atoms with Crippen LogP contribution in [0.3, 0.4) is 0 Å². The number of benzene rings is 1. The molecule has 0 spiro atoms. The molecule has 1 amide bonds. The highest BCUT2D eigenvalue weighted by Gasteiger charge is 2.42. The van der Waals surface area contributed by atoms with E-state index in [9.17, 15) is 9.18 Å². The SMILES string of the molecule is O=C1CCCN1C[C@@H]1OC[C@H]2CCN(Cc3ccc(F)cc3)C[C@H]21. The second-order valence-corrected chi connectivity index (χ2v) is 7.39. The van der Waals surface area contributed by atoms with Crippen LogP contribution in [0.5, 0.6) is 0 Å². The summed E-state index contributed by atoms with van der Waals surface area (Å²) in [6.45, 7) is 5.41. The van der Waals surface area contributed by atoms with E-state index in [0.29, 0.717) is 18.3 Å². The minimum atomic E-state index is -0.183. The zero-order valence-corrected chi connectivity index (χ0v) is 14.0. The van der Waals surface area contributed by atoms with Crippen LogP contribution in [-0.4, -0.2) is 54.6 Å². The van der Waals surface area contributed by atoms with Gasteiger partial charge in [-0.2, -0.15) is 0 Å². The summed E-state index contributed by atoms with van der Waals surface area (Å²) in [5, 5.41) is 0. The van der Waals surface area contributed by atoms with Crippen molar-refractivity contribution < 1.29 is 13.9 Å². The van der Waals surface area contributed by atoms with Crippen LogP contribution in [0.4, 0.5) is 4.39 Å². The molecule has 4 nitrogen and oxygen atoms in total. The first-order valence-corrected chi connectivity index (χ1v) is 9.05. The van der Waals surface area contributed by atoms with E-state index in [2.05, 4.69) is 4.90 Å². The van der Waals surface area contributed by atoms with Gasteiger partial charge in [-0.3, -0.25) is 9.69 Å². The monoisotopic (exact) mass is 332 g/mol. The molecular formula is C19H25FN2O2. The summed E-state index contributed by atoms with van der Waals surface area (Å²) in [6.07, 6.45) is 3.00. The van der Waals surface area contributed by atoms with Crippen molar-refractivity contribution in [1.82, 2.24) is 9.80 Å². The average Bonchev–Trinajstić information content (AvgIpc) is 3.17. The number of amides is 1. The Balaban J connectivity index is 1.37. The maximum absolute atomic E-state index is 13.1. The lowest BCUT2D eigenvalue weighted by Crippen LogP contribution is -2.45. The van der Waals surface area contributed by atoms with E-state index >= 15 is 0 Å². The van der Waals surface area contributed by atoms with Crippen LogP contribution in [0.2, 0.25) is 0 Å². The van der Waals surface area contributed by atoms with E-state index in [-0.39, 0.29) is 17.8 Å². The Morgan fingerprint density at radius 3 is 2.79 bits per heavy atom. The van der Waals surface area contributed by atoms with Gasteiger partial charge in [-0.25, -0.2) is 4.39 Å². The summed E-state index contributed by atoms with van der Waals surface area (Å²) in [6, 6.07) is 6.80. The number of hydrogen-bond acceptors (Lipinski definition) is 3. The average molecular weight is 332 g/mol. The van der Waals surface area contributed by atoms with E-state index in [1.807, 2.05) is 17.0 Å². The van der Waals surface area contributed by atoms with Crippen molar-refractivity contribution in [2.75, 3.05) is 32.8 Å². The van der Waals surface area contributed by atoms with Gasteiger partial charge in [0.2, 0.25) is 5.91 Å².